The second kappa shape index (κ2) is 5.55. The summed E-state index contributed by atoms with van der Waals surface area (Å²) in [6, 6.07) is 0.367. The molecule has 1 aliphatic carbocycles. The van der Waals surface area contributed by atoms with E-state index in [1.54, 1.807) is 0 Å². The van der Waals surface area contributed by atoms with E-state index in [2.05, 4.69) is 12.4 Å². The monoisotopic (exact) mass is 171 g/mol. The van der Waals surface area contributed by atoms with E-state index in [1.165, 1.54) is 32.1 Å². The van der Waals surface area contributed by atoms with E-state index in [0.717, 1.165) is 18.8 Å². The number of nitrogens with one attached hydrogen (secondary N) is 1. The Morgan fingerprint density at radius 2 is 2.08 bits per heavy atom. The molecule has 1 aliphatic rings. The topological polar surface area (TPSA) is 32.3 Å². The van der Waals surface area contributed by atoms with Crippen molar-refractivity contribution >= 4 is 0 Å². The molecule has 0 amide bonds. The molecule has 1 fully saturated rings. The van der Waals surface area contributed by atoms with Crippen LogP contribution in [0, 0.1) is 5.92 Å². The van der Waals surface area contributed by atoms with E-state index in [0.29, 0.717) is 6.04 Å². The van der Waals surface area contributed by atoms with Gasteiger partial charge in [-0.25, -0.2) is 5.48 Å². The highest BCUT2D eigenvalue weighted by molar-refractivity contribution is 4.72. The van der Waals surface area contributed by atoms with E-state index >= 15 is 0 Å². The van der Waals surface area contributed by atoms with Gasteiger partial charge in [0, 0.05) is 6.04 Å². The van der Waals surface area contributed by atoms with Crippen molar-refractivity contribution in [2.45, 2.75) is 57.9 Å². The predicted octanol–water partition coefficient (Wildman–Crippen LogP) is 2.71. The highest BCUT2D eigenvalue weighted by Crippen LogP contribution is 2.26. The molecule has 0 bridgehead atoms. The standard InChI is InChI=1S/C10H21NO/c1-2-4-9-5-3-6-10(11-12)8-7-9/h9-12H,2-8H2,1H3. The summed E-state index contributed by atoms with van der Waals surface area (Å²) >= 11 is 0. The minimum atomic E-state index is 0.367. The Bertz CT molecular complexity index is 116. The molecule has 0 saturated heterocycles. The summed E-state index contributed by atoms with van der Waals surface area (Å²) in [7, 11) is 0. The van der Waals surface area contributed by atoms with Crippen LogP contribution in [0.15, 0.2) is 0 Å². The van der Waals surface area contributed by atoms with Gasteiger partial charge >= 0.3 is 0 Å². The highest BCUT2D eigenvalue weighted by atomic mass is 16.5. The van der Waals surface area contributed by atoms with E-state index < -0.39 is 0 Å². The van der Waals surface area contributed by atoms with E-state index in [4.69, 9.17) is 5.21 Å². The summed E-state index contributed by atoms with van der Waals surface area (Å²) in [6.45, 7) is 2.26. The molecule has 0 aromatic rings. The van der Waals surface area contributed by atoms with Crippen LogP contribution in [0.25, 0.3) is 0 Å². The van der Waals surface area contributed by atoms with Gasteiger partial charge in [-0.1, -0.05) is 32.6 Å². The van der Waals surface area contributed by atoms with Crippen molar-refractivity contribution < 1.29 is 5.21 Å². The second-order valence-corrected chi connectivity index (χ2v) is 3.99. The quantitative estimate of drug-likeness (QED) is 0.505. The lowest BCUT2D eigenvalue weighted by molar-refractivity contribution is 0.118. The van der Waals surface area contributed by atoms with Crippen molar-refractivity contribution in [1.29, 1.82) is 0 Å². The van der Waals surface area contributed by atoms with Gasteiger partial charge in [0.25, 0.3) is 0 Å². The smallest absolute Gasteiger partial charge is 0.0319 e. The lowest BCUT2D eigenvalue weighted by atomic mass is 9.95. The molecular formula is C10H21NO. The molecule has 0 heterocycles. The molecule has 0 aromatic heterocycles. The molecule has 0 aromatic carbocycles. The van der Waals surface area contributed by atoms with Crippen LogP contribution in [0.1, 0.15) is 51.9 Å². The van der Waals surface area contributed by atoms with Gasteiger partial charge < -0.3 is 5.21 Å². The number of hydrogen-bond acceptors (Lipinski definition) is 2. The van der Waals surface area contributed by atoms with Crippen LogP contribution in [-0.2, 0) is 0 Å². The summed E-state index contributed by atoms with van der Waals surface area (Å²) in [5, 5.41) is 8.78. The molecule has 1 rings (SSSR count). The Morgan fingerprint density at radius 1 is 1.25 bits per heavy atom. The van der Waals surface area contributed by atoms with Gasteiger partial charge in [-0.05, 0) is 25.2 Å². The maximum Gasteiger partial charge on any atom is 0.0319 e. The molecule has 2 heteroatoms. The van der Waals surface area contributed by atoms with Crippen molar-refractivity contribution in [1.82, 2.24) is 5.48 Å². The lowest BCUT2D eigenvalue weighted by Crippen LogP contribution is -2.24. The predicted molar refractivity (Wildman–Crippen MR) is 50.2 cm³/mol. The minimum absolute atomic E-state index is 0.367. The van der Waals surface area contributed by atoms with Crippen molar-refractivity contribution in [3.8, 4) is 0 Å². The van der Waals surface area contributed by atoms with Crippen LogP contribution in [0.2, 0.25) is 0 Å². The van der Waals surface area contributed by atoms with Gasteiger partial charge in [-0.2, -0.15) is 0 Å². The van der Waals surface area contributed by atoms with Gasteiger partial charge in [0.2, 0.25) is 0 Å². The Labute approximate surface area is 75.3 Å². The average molecular weight is 171 g/mol. The third-order valence-corrected chi connectivity index (χ3v) is 2.97. The zero-order valence-electron chi connectivity index (χ0n) is 8.05. The van der Waals surface area contributed by atoms with Crippen LogP contribution in [-0.4, -0.2) is 11.2 Å². The van der Waals surface area contributed by atoms with Gasteiger partial charge in [0.1, 0.15) is 0 Å². The second-order valence-electron chi connectivity index (χ2n) is 3.99. The summed E-state index contributed by atoms with van der Waals surface area (Å²) in [5.41, 5.74) is 2.41. The summed E-state index contributed by atoms with van der Waals surface area (Å²) < 4.78 is 0. The van der Waals surface area contributed by atoms with Crippen LogP contribution >= 0.6 is 0 Å². The number of hydrogen-bond donors (Lipinski definition) is 2. The van der Waals surface area contributed by atoms with Crippen LogP contribution < -0.4 is 5.48 Å². The van der Waals surface area contributed by atoms with E-state index in [-0.39, 0.29) is 0 Å². The van der Waals surface area contributed by atoms with Crippen molar-refractivity contribution in [3.63, 3.8) is 0 Å². The van der Waals surface area contributed by atoms with Crippen molar-refractivity contribution in [2.75, 3.05) is 0 Å². The molecule has 2 nitrogen and oxygen atoms in total. The zero-order valence-corrected chi connectivity index (χ0v) is 8.05. The van der Waals surface area contributed by atoms with E-state index in [1.807, 2.05) is 0 Å². The SMILES string of the molecule is CCCC1CCCC(NO)CC1. The van der Waals surface area contributed by atoms with Crippen LogP contribution in [0.3, 0.4) is 0 Å². The first-order valence-corrected chi connectivity index (χ1v) is 5.26. The summed E-state index contributed by atoms with van der Waals surface area (Å²) in [6.07, 6.45) is 8.93. The van der Waals surface area contributed by atoms with Gasteiger partial charge in [0.15, 0.2) is 0 Å². The third-order valence-electron chi connectivity index (χ3n) is 2.97. The molecule has 1 saturated carbocycles. The minimum Gasteiger partial charge on any atom is -0.317 e. The molecule has 2 atom stereocenters. The van der Waals surface area contributed by atoms with Gasteiger partial charge in [-0.15, -0.1) is 0 Å². The molecule has 0 radical (unpaired) electrons. The number of hydroxylamine groups is 1. The van der Waals surface area contributed by atoms with Gasteiger partial charge in [-0.3, -0.25) is 0 Å². The first kappa shape index (κ1) is 10.0. The Hall–Kier alpha value is -0.0800. The summed E-state index contributed by atoms with van der Waals surface area (Å²) in [4.78, 5) is 0. The van der Waals surface area contributed by atoms with Crippen LogP contribution in [0.4, 0.5) is 0 Å². The molecule has 12 heavy (non-hydrogen) atoms. The molecular weight excluding hydrogens is 150 g/mol. The zero-order chi connectivity index (χ0) is 8.81. The first-order valence-electron chi connectivity index (χ1n) is 5.26. The molecule has 72 valence electrons. The van der Waals surface area contributed by atoms with Gasteiger partial charge in [0.05, 0.1) is 0 Å². The van der Waals surface area contributed by atoms with Crippen molar-refractivity contribution in [3.05, 3.63) is 0 Å². The third kappa shape index (κ3) is 3.11. The first-order chi connectivity index (χ1) is 5.86. The lowest BCUT2D eigenvalue weighted by Gasteiger charge is -2.12. The Morgan fingerprint density at radius 3 is 2.75 bits per heavy atom. The largest absolute Gasteiger partial charge is 0.317 e. The Kier molecular flexibility index (Phi) is 4.62. The average Bonchev–Trinajstić information content (AvgIpc) is 2.31. The maximum atomic E-state index is 8.78. The molecule has 2 N–H and O–H groups in total. The number of rotatable bonds is 3. The van der Waals surface area contributed by atoms with Crippen LogP contribution in [0.5, 0.6) is 0 Å². The Balaban J connectivity index is 2.24. The fourth-order valence-corrected chi connectivity index (χ4v) is 2.20. The van der Waals surface area contributed by atoms with E-state index in [9.17, 15) is 0 Å². The molecule has 0 spiro atoms. The summed E-state index contributed by atoms with van der Waals surface area (Å²) in [5.74, 6) is 0.924. The fourth-order valence-electron chi connectivity index (χ4n) is 2.20. The fraction of sp³-hybridized carbons (Fsp3) is 1.00. The molecule has 2 unspecified atom stereocenters. The molecule has 0 aliphatic heterocycles. The maximum absolute atomic E-state index is 8.78. The highest BCUT2D eigenvalue weighted by Gasteiger charge is 2.17. The van der Waals surface area contributed by atoms with Crippen molar-refractivity contribution in [2.24, 2.45) is 5.92 Å². The normalized spacial score (nSPS) is 31.5.